The smallest absolute Gasteiger partial charge is 0.306 e. The first-order valence-electron chi connectivity index (χ1n) is 22.4. The number of allylic oxidation sites excluding steroid dienone is 12. The third kappa shape index (κ3) is 41.8. The van der Waals surface area contributed by atoms with Crippen molar-refractivity contribution in [2.45, 2.75) is 207 Å². The maximum Gasteiger partial charge on any atom is 0.306 e. The minimum Gasteiger partial charge on any atom is -0.462 e. The molecule has 0 aliphatic rings. The lowest BCUT2D eigenvalue weighted by molar-refractivity contribution is -0.166. The van der Waals surface area contributed by atoms with Crippen molar-refractivity contribution in [3.05, 3.63) is 72.9 Å². The van der Waals surface area contributed by atoms with Gasteiger partial charge >= 0.3 is 17.9 Å². The van der Waals surface area contributed by atoms with Crippen molar-refractivity contribution < 1.29 is 28.6 Å². The molecule has 0 aromatic rings. The van der Waals surface area contributed by atoms with Gasteiger partial charge in [-0.05, 0) is 57.8 Å². The summed E-state index contributed by atoms with van der Waals surface area (Å²) in [4.78, 5) is 37.5. The second-order valence-corrected chi connectivity index (χ2v) is 14.6. The van der Waals surface area contributed by atoms with Crippen LogP contribution in [0, 0.1) is 0 Å². The molecule has 314 valence electrons. The molecule has 0 amide bonds. The lowest BCUT2D eigenvalue weighted by Gasteiger charge is -2.18. The molecule has 0 rings (SSSR count). The quantitative estimate of drug-likeness (QED) is 0.0268. The van der Waals surface area contributed by atoms with Crippen molar-refractivity contribution in [2.75, 3.05) is 13.2 Å². The number of hydrogen-bond acceptors (Lipinski definition) is 6. The molecular weight excluding hydrogens is 685 g/mol. The first-order valence-corrected chi connectivity index (χ1v) is 22.4. The molecule has 6 nitrogen and oxygen atoms in total. The number of ether oxygens (including phenoxy) is 3. The van der Waals surface area contributed by atoms with Crippen molar-refractivity contribution in [1.29, 1.82) is 0 Å². The maximum absolute atomic E-state index is 12.6. The van der Waals surface area contributed by atoms with E-state index < -0.39 is 6.10 Å². The summed E-state index contributed by atoms with van der Waals surface area (Å²) in [6.45, 7) is 6.39. The Morgan fingerprint density at radius 3 is 1.11 bits per heavy atom. The molecule has 0 aliphatic carbocycles. The Morgan fingerprint density at radius 2 is 0.709 bits per heavy atom. The maximum atomic E-state index is 12.6. The topological polar surface area (TPSA) is 78.9 Å². The highest BCUT2D eigenvalue weighted by atomic mass is 16.6. The van der Waals surface area contributed by atoms with Gasteiger partial charge in [0.05, 0.1) is 0 Å². The van der Waals surface area contributed by atoms with Crippen LogP contribution in [0.1, 0.15) is 201 Å². The molecule has 0 saturated heterocycles. The molecule has 0 spiro atoms. The second kappa shape index (κ2) is 43.6. The Morgan fingerprint density at radius 1 is 0.382 bits per heavy atom. The summed E-state index contributed by atoms with van der Waals surface area (Å²) in [5.41, 5.74) is 0. The summed E-state index contributed by atoms with van der Waals surface area (Å²) in [6, 6.07) is 0. The van der Waals surface area contributed by atoms with E-state index >= 15 is 0 Å². The molecule has 0 bridgehead atoms. The molecule has 0 N–H and O–H groups in total. The summed E-state index contributed by atoms with van der Waals surface area (Å²) in [5, 5.41) is 0. The fraction of sp³-hybridized carbons (Fsp3) is 0.694. The lowest BCUT2D eigenvalue weighted by Crippen LogP contribution is -2.30. The van der Waals surface area contributed by atoms with E-state index in [9.17, 15) is 14.4 Å². The third-order valence-corrected chi connectivity index (χ3v) is 9.24. The van der Waals surface area contributed by atoms with Gasteiger partial charge in [0.1, 0.15) is 13.2 Å². The van der Waals surface area contributed by atoms with Gasteiger partial charge in [-0.2, -0.15) is 0 Å². The fourth-order valence-corrected chi connectivity index (χ4v) is 5.88. The van der Waals surface area contributed by atoms with E-state index in [2.05, 4.69) is 81.5 Å². The number of rotatable bonds is 39. The Bertz CT molecular complexity index is 1070. The summed E-state index contributed by atoms with van der Waals surface area (Å²) in [7, 11) is 0. The Balaban J connectivity index is 4.43. The van der Waals surface area contributed by atoms with Gasteiger partial charge in [-0.3, -0.25) is 14.4 Å². The number of carbonyl (C=O) groups excluding carboxylic acids is 3. The van der Waals surface area contributed by atoms with Crippen LogP contribution < -0.4 is 0 Å². The highest BCUT2D eigenvalue weighted by molar-refractivity contribution is 5.71. The van der Waals surface area contributed by atoms with Gasteiger partial charge in [-0.25, -0.2) is 0 Å². The van der Waals surface area contributed by atoms with E-state index in [0.717, 1.165) is 77.0 Å². The molecule has 55 heavy (non-hydrogen) atoms. The van der Waals surface area contributed by atoms with Crippen LogP contribution in [0.5, 0.6) is 0 Å². The first-order chi connectivity index (χ1) is 27.0. The van der Waals surface area contributed by atoms with Crippen molar-refractivity contribution in [2.24, 2.45) is 0 Å². The van der Waals surface area contributed by atoms with Gasteiger partial charge in [0, 0.05) is 19.3 Å². The number of esters is 3. The zero-order valence-corrected chi connectivity index (χ0v) is 35.7. The Kier molecular flexibility index (Phi) is 41.1. The van der Waals surface area contributed by atoms with Crippen LogP contribution in [0.15, 0.2) is 72.9 Å². The van der Waals surface area contributed by atoms with E-state index in [1.54, 1.807) is 0 Å². The summed E-state index contributed by atoms with van der Waals surface area (Å²) in [6.07, 6.45) is 53.3. The molecule has 0 aliphatic heterocycles. The number of hydrogen-bond donors (Lipinski definition) is 0. The van der Waals surface area contributed by atoms with E-state index in [-0.39, 0.29) is 37.5 Å². The first kappa shape index (κ1) is 51.9. The van der Waals surface area contributed by atoms with Gasteiger partial charge in [-0.1, -0.05) is 196 Å². The van der Waals surface area contributed by atoms with E-state index in [1.807, 2.05) is 12.2 Å². The van der Waals surface area contributed by atoms with Crippen molar-refractivity contribution in [3.63, 3.8) is 0 Å². The van der Waals surface area contributed by atoms with E-state index in [4.69, 9.17) is 14.2 Å². The summed E-state index contributed by atoms with van der Waals surface area (Å²) < 4.78 is 16.6. The summed E-state index contributed by atoms with van der Waals surface area (Å²) >= 11 is 0. The normalized spacial score (nSPS) is 12.7. The molecular formula is C49H82O6. The molecule has 0 aromatic heterocycles. The molecule has 0 aromatic carbocycles. The molecule has 1 unspecified atom stereocenters. The fourth-order valence-electron chi connectivity index (χ4n) is 5.88. The zero-order chi connectivity index (χ0) is 40.1. The van der Waals surface area contributed by atoms with Crippen LogP contribution in [0.2, 0.25) is 0 Å². The van der Waals surface area contributed by atoms with Crippen LogP contribution in [0.4, 0.5) is 0 Å². The van der Waals surface area contributed by atoms with Crippen LogP contribution in [0.3, 0.4) is 0 Å². The highest BCUT2D eigenvalue weighted by Crippen LogP contribution is 2.13. The highest BCUT2D eigenvalue weighted by Gasteiger charge is 2.19. The minimum absolute atomic E-state index is 0.0972. The summed E-state index contributed by atoms with van der Waals surface area (Å²) in [5.74, 6) is -0.996. The van der Waals surface area contributed by atoms with Crippen molar-refractivity contribution >= 4 is 17.9 Å². The van der Waals surface area contributed by atoms with Gasteiger partial charge in [0.2, 0.25) is 0 Å². The average molecular weight is 767 g/mol. The van der Waals surface area contributed by atoms with E-state index in [0.29, 0.717) is 19.3 Å². The van der Waals surface area contributed by atoms with Crippen LogP contribution >= 0.6 is 0 Å². The van der Waals surface area contributed by atoms with Gasteiger partial charge in [-0.15, -0.1) is 0 Å². The second-order valence-electron chi connectivity index (χ2n) is 14.6. The predicted octanol–water partition coefficient (Wildman–Crippen LogP) is 14.3. The van der Waals surface area contributed by atoms with Crippen LogP contribution in [-0.2, 0) is 28.6 Å². The zero-order valence-electron chi connectivity index (χ0n) is 35.7. The molecule has 0 heterocycles. The lowest BCUT2D eigenvalue weighted by atomic mass is 10.1. The Hall–Kier alpha value is -3.15. The van der Waals surface area contributed by atoms with Crippen LogP contribution in [-0.4, -0.2) is 37.2 Å². The van der Waals surface area contributed by atoms with Crippen molar-refractivity contribution in [1.82, 2.24) is 0 Å². The van der Waals surface area contributed by atoms with Crippen LogP contribution in [0.25, 0.3) is 0 Å². The standard InChI is InChI=1S/C49H82O6/c1-4-7-10-13-16-19-21-22-23-24-25-26-27-28-29-31-33-36-39-42-48(51)54-45-46(44-53-47(50)41-38-35-32-18-15-12-9-6-3)55-49(52)43-40-37-34-30-20-17-14-11-8-5-2/h7,10,16,19,22-23,25-26,28-29,33,36,46H,4-6,8-9,11-15,17-18,20-21,24,27,30-32,34-35,37-45H2,1-3H3/b10-7-,19-16-,23-22-,26-25-,29-28-,36-33-. The molecule has 0 radical (unpaired) electrons. The molecule has 0 fully saturated rings. The largest absolute Gasteiger partial charge is 0.462 e. The third-order valence-electron chi connectivity index (χ3n) is 9.24. The van der Waals surface area contributed by atoms with Gasteiger partial charge in [0.15, 0.2) is 6.10 Å². The predicted molar refractivity (Wildman–Crippen MR) is 233 cm³/mol. The number of unbranched alkanes of at least 4 members (excludes halogenated alkanes) is 16. The Labute approximate surface area is 338 Å². The van der Waals surface area contributed by atoms with Gasteiger partial charge in [0.25, 0.3) is 0 Å². The molecule has 6 heteroatoms. The van der Waals surface area contributed by atoms with Crippen molar-refractivity contribution in [3.8, 4) is 0 Å². The monoisotopic (exact) mass is 767 g/mol. The minimum atomic E-state index is -0.798. The molecule has 0 saturated carbocycles. The number of carbonyl (C=O) groups is 3. The SMILES string of the molecule is CC/C=C\C/C=C\C/C=C\C/C=C\C/C=C\C/C=C\CCC(=O)OCC(COC(=O)CCCCCCCCCC)OC(=O)CCCCCCCCCCCC. The van der Waals surface area contributed by atoms with Gasteiger partial charge < -0.3 is 14.2 Å². The average Bonchev–Trinajstić information content (AvgIpc) is 3.18. The molecule has 1 atom stereocenters. The van der Waals surface area contributed by atoms with E-state index in [1.165, 1.54) is 77.0 Å².